The molecule has 1 aliphatic rings. The zero-order valence-corrected chi connectivity index (χ0v) is 12.7. The van der Waals surface area contributed by atoms with Gasteiger partial charge in [0.05, 0.1) is 12.2 Å². The van der Waals surface area contributed by atoms with Crippen molar-refractivity contribution in [2.45, 2.75) is 39.0 Å². The fraction of sp³-hybridized carbons (Fsp3) is 0.625. The van der Waals surface area contributed by atoms with Crippen molar-refractivity contribution < 1.29 is 9.84 Å². The minimum Gasteiger partial charge on any atom is -0.491 e. The molecule has 0 amide bonds. The SMILES string of the molecule is CC(C)Oc1ccc(C(O)C(C)N2CCNCC2)cc1. The van der Waals surface area contributed by atoms with Crippen molar-refractivity contribution in [1.82, 2.24) is 10.2 Å². The summed E-state index contributed by atoms with van der Waals surface area (Å²) in [5.74, 6) is 0.853. The largest absolute Gasteiger partial charge is 0.491 e. The average Bonchev–Trinajstić information content (AvgIpc) is 2.47. The van der Waals surface area contributed by atoms with E-state index in [1.165, 1.54) is 0 Å². The van der Waals surface area contributed by atoms with E-state index in [1.54, 1.807) is 0 Å². The Morgan fingerprint density at radius 1 is 1.10 bits per heavy atom. The lowest BCUT2D eigenvalue weighted by molar-refractivity contribution is 0.0509. The van der Waals surface area contributed by atoms with E-state index in [1.807, 2.05) is 38.1 Å². The lowest BCUT2D eigenvalue weighted by Crippen LogP contribution is -2.49. The summed E-state index contributed by atoms with van der Waals surface area (Å²) in [5, 5.41) is 13.8. The lowest BCUT2D eigenvalue weighted by atomic mass is 10.0. The van der Waals surface area contributed by atoms with Crippen LogP contribution in [0.15, 0.2) is 24.3 Å². The van der Waals surface area contributed by atoms with Crippen LogP contribution < -0.4 is 10.1 Å². The molecule has 2 N–H and O–H groups in total. The Morgan fingerprint density at radius 2 is 1.70 bits per heavy atom. The van der Waals surface area contributed by atoms with E-state index in [0.29, 0.717) is 0 Å². The summed E-state index contributed by atoms with van der Waals surface area (Å²) in [6, 6.07) is 7.92. The van der Waals surface area contributed by atoms with Crippen molar-refractivity contribution in [1.29, 1.82) is 0 Å². The van der Waals surface area contributed by atoms with Gasteiger partial charge < -0.3 is 15.2 Å². The fourth-order valence-corrected chi connectivity index (χ4v) is 2.58. The number of piperazine rings is 1. The van der Waals surface area contributed by atoms with Gasteiger partial charge in [-0.1, -0.05) is 12.1 Å². The van der Waals surface area contributed by atoms with Gasteiger partial charge in [-0.2, -0.15) is 0 Å². The third-order valence-corrected chi connectivity index (χ3v) is 3.78. The first-order chi connectivity index (χ1) is 9.58. The minimum atomic E-state index is -0.457. The molecule has 0 spiro atoms. The molecule has 0 saturated carbocycles. The van der Waals surface area contributed by atoms with Crippen molar-refractivity contribution >= 4 is 0 Å². The first-order valence-corrected chi connectivity index (χ1v) is 7.47. The number of nitrogens with one attached hydrogen (secondary N) is 1. The van der Waals surface area contributed by atoms with Crippen LogP contribution in [0.4, 0.5) is 0 Å². The summed E-state index contributed by atoms with van der Waals surface area (Å²) in [6.45, 7) is 10.1. The van der Waals surface area contributed by atoms with Crippen LogP contribution >= 0.6 is 0 Å². The van der Waals surface area contributed by atoms with Crippen molar-refractivity contribution in [2.24, 2.45) is 0 Å². The van der Waals surface area contributed by atoms with Gasteiger partial charge >= 0.3 is 0 Å². The summed E-state index contributed by atoms with van der Waals surface area (Å²) >= 11 is 0. The van der Waals surface area contributed by atoms with Crippen LogP contribution in [-0.2, 0) is 0 Å². The highest BCUT2D eigenvalue weighted by Gasteiger charge is 2.24. The van der Waals surface area contributed by atoms with Gasteiger partial charge in [0.1, 0.15) is 5.75 Å². The Labute approximate surface area is 121 Å². The molecule has 0 radical (unpaired) electrons. The van der Waals surface area contributed by atoms with Crippen molar-refractivity contribution in [3.05, 3.63) is 29.8 Å². The molecule has 2 rings (SSSR count). The highest BCUT2D eigenvalue weighted by atomic mass is 16.5. The van der Waals surface area contributed by atoms with Crippen molar-refractivity contribution in [2.75, 3.05) is 26.2 Å². The van der Waals surface area contributed by atoms with Crippen LogP contribution in [0.5, 0.6) is 5.75 Å². The molecule has 20 heavy (non-hydrogen) atoms. The third-order valence-electron chi connectivity index (χ3n) is 3.78. The molecular weight excluding hydrogens is 252 g/mol. The second-order valence-corrected chi connectivity index (χ2v) is 5.71. The average molecular weight is 278 g/mol. The van der Waals surface area contributed by atoms with Crippen LogP contribution in [0.2, 0.25) is 0 Å². The number of hydrogen-bond acceptors (Lipinski definition) is 4. The molecular formula is C16H26N2O2. The maximum absolute atomic E-state index is 10.5. The predicted molar refractivity (Wildman–Crippen MR) is 81.1 cm³/mol. The van der Waals surface area contributed by atoms with Gasteiger partial charge in [-0.25, -0.2) is 0 Å². The molecule has 0 aromatic heterocycles. The lowest BCUT2D eigenvalue weighted by Gasteiger charge is -2.35. The van der Waals surface area contributed by atoms with Gasteiger partial charge in [0.15, 0.2) is 0 Å². The summed E-state index contributed by atoms with van der Waals surface area (Å²) in [4.78, 5) is 2.33. The van der Waals surface area contributed by atoms with E-state index in [9.17, 15) is 5.11 Å². The first-order valence-electron chi connectivity index (χ1n) is 7.47. The summed E-state index contributed by atoms with van der Waals surface area (Å²) in [7, 11) is 0. The maximum Gasteiger partial charge on any atom is 0.119 e. The molecule has 4 nitrogen and oxygen atoms in total. The Bertz CT molecular complexity index is 399. The van der Waals surface area contributed by atoms with Gasteiger partial charge in [-0.3, -0.25) is 4.90 Å². The maximum atomic E-state index is 10.5. The summed E-state index contributed by atoms with van der Waals surface area (Å²) in [5.41, 5.74) is 0.951. The van der Waals surface area contributed by atoms with E-state index in [-0.39, 0.29) is 12.1 Å². The van der Waals surface area contributed by atoms with E-state index in [0.717, 1.165) is 37.5 Å². The number of benzene rings is 1. The van der Waals surface area contributed by atoms with Gasteiger partial charge in [-0.05, 0) is 38.5 Å². The van der Waals surface area contributed by atoms with Crippen LogP contribution in [0, 0.1) is 0 Å². The minimum absolute atomic E-state index is 0.133. The number of ether oxygens (including phenoxy) is 1. The predicted octanol–water partition coefficient (Wildman–Crippen LogP) is 1.80. The van der Waals surface area contributed by atoms with E-state index < -0.39 is 6.10 Å². The zero-order valence-electron chi connectivity index (χ0n) is 12.7. The fourth-order valence-electron chi connectivity index (χ4n) is 2.58. The quantitative estimate of drug-likeness (QED) is 0.862. The highest BCUT2D eigenvalue weighted by Crippen LogP contribution is 2.23. The molecule has 0 bridgehead atoms. The topological polar surface area (TPSA) is 44.7 Å². The molecule has 1 aromatic carbocycles. The molecule has 1 heterocycles. The van der Waals surface area contributed by atoms with E-state index >= 15 is 0 Å². The molecule has 1 aromatic rings. The second kappa shape index (κ2) is 7.07. The molecule has 1 fully saturated rings. The number of hydrogen-bond donors (Lipinski definition) is 2. The van der Waals surface area contributed by atoms with Crippen LogP contribution in [0.3, 0.4) is 0 Å². The van der Waals surface area contributed by atoms with Gasteiger partial charge in [0.2, 0.25) is 0 Å². The third kappa shape index (κ3) is 3.95. The monoisotopic (exact) mass is 278 g/mol. The highest BCUT2D eigenvalue weighted by molar-refractivity contribution is 5.29. The van der Waals surface area contributed by atoms with Crippen LogP contribution in [0.1, 0.15) is 32.4 Å². The number of aliphatic hydroxyl groups excluding tert-OH is 1. The van der Waals surface area contributed by atoms with Gasteiger partial charge in [-0.15, -0.1) is 0 Å². The van der Waals surface area contributed by atoms with Gasteiger partial charge in [0, 0.05) is 32.2 Å². The molecule has 112 valence electrons. The Kier molecular flexibility index (Phi) is 5.40. The number of rotatable bonds is 5. The summed E-state index contributed by atoms with van der Waals surface area (Å²) < 4.78 is 5.63. The molecule has 0 aliphatic carbocycles. The number of nitrogens with zero attached hydrogens (tertiary/aromatic N) is 1. The van der Waals surface area contributed by atoms with Crippen molar-refractivity contribution in [3.8, 4) is 5.75 Å². The Balaban J connectivity index is 1.98. The van der Waals surface area contributed by atoms with Crippen LogP contribution in [0.25, 0.3) is 0 Å². The Morgan fingerprint density at radius 3 is 2.25 bits per heavy atom. The first kappa shape index (κ1) is 15.3. The molecule has 2 atom stereocenters. The zero-order chi connectivity index (χ0) is 14.5. The molecule has 1 saturated heterocycles. The smallest absolute Gasteiger partial charge is 0.119 e. The molecule has 4 heteroatoms. The molecule has 2 unspecified atom stereocenters. The standard InChI is InChI=1S/C16H26N2O2/c1-12(2)20-15-6-4-14(5-7-15)16(19)13(3)18-10-8-17-9-11-18/h4-7,12-13,16-17,19H,8-11H2,1-3H3. The summed E-state index contributed by atoms with van der Waals surface area (Å²) in [6.07, 6.45) is -0.285. The van der Waals surface area contributed by atoms with Crippen molar-refractivity contribution in [3.63, 3.8) is 0 Å². The van der Waals surface area contributed by atoms with Gasteiger partial charge in [0.25, 0.3) is 0 Å². The Hall–Kier alpha value is -1.10. The van der Waals surface area contributed by atoms with Crippen LogP contribution in [-0.4, -0.2) is 48.3 Å². The normalized spacial score (nSPS) is 19.9. The van der Waals surface area contributed by atoms with E-state index in [2.05, 4.69) is 17.1 Å². The number of aliphatic hydroxyl groups is 1. The molecule has 1 aliphatic heterocycles. The second-order valence-electron chi connectivity index (χ2n) is 5.71. The van der Waals surface area contributed by atoms with E-state index in [4.69, 9.17) is 4.74 Å².